The van der Waals surface area contributed by atoms with Gasteiger partial charge >= 0.3 is 0 Å². The van der Waals surface area contributed by atoms with Crippen LogP contribution < -0.4 is 5.32 Å². The van der Waals surface area contributed by atoms with E-state index >= 15 is 0 Å². The summed E-state index contributed by atoms with van der Waals surface area (Å²) in [6, 6.07) is 0.782. The molecule has 0 heterocycles. The van der Waals surface area contributed by atoms with Crippen LogP contribution in [0.15, 0.2) is 12.7 Å². The van der Waals surface area contributed by atoms with Crippen molar-refractivity contribution >= 4 is 0 Å². The van der Waals surface area contributed by atoms with E-state index in [-0.39, 0.29) is 0 Å². The lowest BCUT2D eigenvalue weighted by atomic mass is 9.80. The molecule has 0 aromatic carbocycles. The summed E-state index contributed by atoms with van der Waals surface area (Å²) >= 11 is 0. The van der Waals surface area contributed by atoms with Crippen LogP contribution in [0.1, 0.15) is 46.0 Å². The largest absolute Gasteiger partial charge is 0.314 e. The second-order valence-electron chi connectivity index (χ2n) is 4.89. The second kappa shape index (κ2) is 6.23. The zero-order valence-corrected chi connectivity index (χ0v) is 9.76. The molecule has 0 saturated heterocycles. The molecule has 0 unspecified atom stereocenters. The number of hydrogen-bond donors (Lipinski definition) is 1. The van der Waals surface area contributed by atoms with Gasteiger partial charge in [0.1, 0.15) is 0 Å². The first kappa shape index (κ1) is 11.8. The van der Waals surface area contributed by atoms with Crippen LogP contribution in [0.4, 0.5) is 0 Å². The Balaban J connectivity index is 2.12. The van der Waals surface area contributed by atoms with Gasteiger partial charge < -0.3 is 5.32 Å². The third kappa shape index (κ3) is 3.83. The highest BCUT2D eigenvalue weighted by Crippen LogP contribution is 2.29. The van der Waals surface area contributed by atoms with E-state index in [0.717, 1.165) is 30.8 Å². The van der Waals surface area contributed by atoms with Crippen LogP contribution in [0.3, 0.4) is 0 Å². The third-order valence-electron chi connectivity index (χ3n) is 3.50. The fourth-order valence-electron chi connectivity index (χ4n) is 2.38. The molecule has 14 heavy (non-hydrogen) atoms. The molecule has 1 N–H and O–H groups in total. The molecule has 1 nitrogen and oxygen atoms in total. The topological polar surface area (TPSA) is 12.0 Å². The van der Waals surface area contributed by atoms with Crippen molar-refractivity contribution in [2.75, 3.05) is 6.54 Å². The average molecular weight is 195 g/mol. The Morgan fingerprint density at radius 2 is 1.93 bits per heavy atom. The lowest BCUT2D eigenvalue weighted by Crippen LogP contribution is -2.34. The second-order valence-corrected chi connectivity index (χ2v) is 4.89. The van der Waals surface area contributed by atoms with E-state index in [1.807, 2.05) is 6.08 Å². The van der Waals surface area contributed by atoms with Crippen LogP contribution in [0.25, 0.3) is 0 Å². The predicted molar refractivity (Wildman–Crippen MR) is 63.4 cm³/mol. The monoisotopic (exact) mass is 195 g/mol. The van der Waals surface area contributed by atoms with Crippen molar-refractivity contribution in [3.8, 4) is 0 Å². The van der Waals surface area contributed by atoms with E-state index in [9.17, 15) is 0 Å². The van der Waals surface area contributed by atoms with Gasteiger partial charge in [-0.3, -0.25) is 0 Å². The van der Waals surface area contributed by atoms with Gasteiger partial charge in [0.15, 0.2) is 0 Å². The van der Waals surface area contributed by atoms with Crippen LogP contribution in [0.2, 0.25) is 0 Å². The zero-order valence-electron chi connectivity index (χ0n) is 9.76. The summed E-state index contributed by atoms with van der Waals surface area (Å²) in [5, 5.41) is 3.61. The summed E-state index contributed by atoms with van der Waals surface area (Å²) < 4.78 is 0. The molecule has 0 spiro atoms. The summed E-state index contributed by atoms with van der Waals surface area (Å²) in [6.45, 7) is 9.56. The molecule has 0 amide bonds. The molecule has 1 aliphatic rings. The minimum Gasteiger partial charge on any atom is -0.314 e. The smallest absolute Gasteiger partial charge is 0.00673 e. The highest BCUT2D eigenvalue weighted by molar-refractivity contribution is 4.79. The first-order valence-electron chi connectivity index (χ1n) is 6.08. The van der Waals surface area contributed by atoms with Crippen molar-refractivity contribution in [3.05, 3.63) is 12.7 Å². The Kier molecular flexibility index (Phi) is 5.24. The van der Waals surface area contributed by atoms with Gasteiger partial charge in [0.05, 0.1) is 0 Å². The Morgan fingerprint density at radius 1 is 1.29 bits per heavy atom. The summed E-state index contributed by atoms with van der Waals surface area (Å²) in [4.78, 5) is 0. The van der Waals surface area contributed by atoms with E-state index in [1.54, 1.807) is 0 Å². The normalized spacial score (nSPS) is 27.9. The van der Waals surface area contributed by atoms with E-state index in [1.165, 1.54) is 25.7 Å². The van der Waals surface area contributed by atoms with Crippen LogP contribution in [-0.2, 0) is 0 Å². The zero-order chi connectivity index (χ0) is 10.4. The fourth-order valence-corrected chi connectivity index (χ4v) is 2.38. The van der Waals surface area contributed by atoms with Crippen molar-refractivity contribution < 1.29 is 0 Å². The quantitative estimate of drug-likeness (QED) is 0.524. The molecule has 1 heteroatoms. The summed E-state index contributed by atoms with van der Waals surface area (Å²) in [7, 11) is 0. The first-order valence-corrected chi connectivity index (χ1v) is 6.08. The minimum absolute atomic E-state index is 0.782. The summed E-state index contributed by atoms with van der Waals surface area (Å²) in [6.07, 6.45) is 8.68. The van der Waals surface area contributed by atoms with Crippen LogP contribution in [0, 0.1) is 11.8 Å². The molecular formula is C13H25N. The number of nitrogens with one attached hydrogen (secondary N) is 1. The van der Waals surface area contributed by atoms with Gasteiger partial charge in [-0.15, -0.1) is 6.58 Å². The lowest BCUT2D eigenvalue weighted by Gasteiger charge is -2.31. The van der Waals surface area contributed by atoms with E-state index in [0.29, 0.717) is 0 Å². The van der Waals surface area contributed by atoms with Crippen molar-refractivity contribution in [2.24, 2.45) is 11.8 Å². The molecule has 82 valence electrons. The fraction of sp³-hybridized carbons (Fsp3) is 0.846. The number of rotatable bonds is 5. The summed E-state index contributed by atoms with van der Waals surface area (Å²) in [5.74, 6) is 1.86. The molecule has 1 fully saturated rings. The molecule has 0 atom stereocenters. The molecule has 1 aliphatic carbocycles. The lowest BCUT2D eigenvalue weighted by molar-refractivity contribution is 0.239. The van der Waals surface area contributed by atoms with Gasteiger partial charge in [0, 0.05) is 6.04 Å². The maximum absolute atomic E-state index is 3.74. The van der Waals surface area contributed by atoms with Crippen molar-refractivity contribution in [2.45, 2.75) is 52.0 Å². The minimum atomic E-state index is 0.782. The predicted octanol–water partition coefficient (Wildman–Crippen LogP) is 3.37. The van der Waals surface area contributed by atoms with Crippen LogP contribution >= 0.6 is 0 Å². The molecule has 0 aromatic heterocycles. The van der Waals surface area contributed by atoms with Gasteiger partial charge in [-0.25, -0.2) is 0 Å². The molecule has 0 aliphatic heterocycles. The maximum Gasteiger partial charge on any atom is 0.00673 e. The SMILES string of the molecule is C=CCCNC1CCC(C(C)C)CC1. The highest BCUT2D eigenvalue weighted by Gasteiger charge is 2.22. The van der Waals surface area contributed by atoms with Crippen molar-refractivity contribution in [1.82, 2.24) is 5.32 Å². The van der Waals surface area contributed by atoms with E-state index < -0.39 is 0 Å². The molecular weight excluding hydrogens is 170 g/mol. The first-order chi connectivity index (χ1) is 6.74. The van der Waals surface area contributed by atoms with Gasteiger partial charge in [-0.2, -0.15) is 0 Å². The van der Waals surface area contributed by atoms with Gasteiger partial charge in [0.25, 0.3) is 0 Å². The maximum atomic E-state index is 3.74. The Bertz CT molecular complexity index is 155. The molecule has 0 bridgehead atoms. The van der Waals surface area contributed by atoms with E-state index in [4.69, 9.17) is 0 Å². The molecule has 0 radical (unpaired) electrons. The Morgan fingerprint density at radius 3 is 2.43 bits per heavy atom. The van der Waals surface area contributed by atoms with Crippen LogP contribution in [-0.4, -0.2) is 12.6 Å². The molecule has 0 aromatic rings. The van der Waals surface area contributed by atoms with E-state index in [2.05, 4.69) is 25.7 Å². The van der Waals surface area contributed by atoms with Gasteiger partial charge in [0.2, 0.25) is 0 Å². The van der Waals surface area contributed by atoms with Gasteiger partial charge in [-0.05, 0) is 50.5 Å². The van der Waals surface area contributed by atoms with Crippen molar-refractivity contribution in [3.63, 3.8) is 0 Å². The Hall–Kier alpha value is -0.300. The Labute approximate surface area is 89.0 Å². The third-order valence-corrected chi connectivity index (χ3v) is 3.50. The number of hydrogen-bond acceptors (Lipinski definition) is 1. The molecule has 1 rings (SSSR count). The van der Waals surface area contributed by atoms with Crippen molar-refractivity contribution in [1.29, 1.82) is 0 Å². The highest BCUT2D eigenvalue weighted by atomic mass is 14.9. The standard InChI is InChI=1S/C13H25N/c1-4-5-10-14-13-8-6-12(7-9-13)11(2)3/h4,11-14H,1,5-10H2,2-3H3. The summed E-state index contributed by atoms with van der Waals surface area (Å²) in [5.41, 5.74) is 0. The van der Waals surface area contributed by atoms with Crippen LogP contribution in [0.5, 0.6) is 0 Å². The molecule has 1 saturated carbocycles. The average Bonchev–Trinajstić information content (AvgIpc) is 2.19. The van der Waals surface area contributed by atoms with Gasteiger partial charge in [-0.1, -0.05) is 19.9 Å².